The van der Waals surface area contributed by atoms with Crippen molar-refractivity contribution in [2.75, 3.05) is 18.5 Å². The molecule has 1 N–H and O–H groups in total. The Morgan fingerprint density at radius 1 is 1.60 bits per heavy atom. The molecule has 0 saturated carbocycles. The fourth-order valence-corrected chi connectivity index (χ4v) is 1.33. The van der Waals surface area contributed by atoms with Crippen LogP contribution in [0.3, 0.4) is 0 Å². The van der Waals surface area contributed by atoms with Crippen molar-refractivity contribution < 1.29 is 5.11 Å². The summed E-state index contributed by atoms with van der Waals surface area (Å²) in [6, 6.07) is 5.75. The van der Waals surface area contributed by atoms with Crippen LogP contribution in [-0.4, -0.2) is 29.8 Å². The van der Waals surface area contributed by atoms with Gasteiger partial charge < -0.3 is 10.0 Å². The molecular formula is C11H15N3O. The van der Waals surface area contributed by atoms with E-state index in [0.717, 1.165) is 5.56 Å². The fraction of sp³-hybridized carbons (Fsp3) is 0.455. The number of nitriles is 1. The second-order valence-corrected chi connectivity index (χ2v) is 3.68. The van der Waals surface area contributed by atoms with Gasteiger partial charge in [0.1, 0.15) is 17.6 Å². The average Bonchev–Trinajstić information content (AvgIpc) is 2.17. The summed E-state index contributed by atoms with van der Waals surface area (Å²) >= 11 is 0. The third-order valence-corrected chi connectivity index (χ3v) is 2.12. The van der Waals surface area contributed by atoms with Crippen molar-refractivity contribution >= 4 is 5.82 Å². The van der Waals surface area contributed by atoms with Gasteiger partial charge in [-0.05, 0) is 25.5 Å². The van der Waals surface area contributed by atoms with Crippen LogP contribution in [-0.2, 0) is 0 Å². The Morgan fingerprint density at radius 3 is 2.80 bits per heavy atom. The lowest BCUT2D eigenvalue weighted by Crippen LogP contribution is -2.27. The molecule has 0 aliphatic carbocycles. The molecule has 0 saturated heterocycles. The van der Waals surface area contributed by atoms with Crippen LogP contribution in [0.4, 0.5) is 5.82 Å². The van der Waals surface area contributed by atoms with Crippen LogP contribution in [0.15, 0.2) is 12.1 Å². The highest BCUT2D eigenvalue weighted by Gasteiger charge is 2.07. The van der Waals surface area contributed by atoms with Crippen molar-refractivity contribution in [3.05, 3.63) is 23.4 Å². The van der Waals surface area contributed by atoms with Crippen molar-refractivity contribution in [1.82, 2.24) is 4.98 Å². The topological polar surface area (TPSA) is 60.1 Å². The molecule has 1 rings (SSSR count). The van der Waals surface area contributed by atoms with Crippen LogP contribution in [0.25, 0.3) is 0 Å². The number of aromatic nitrogens is 1. The molecule has 0 radical (unpaired) electrons. The van der Waals surface area contributed by atoms with Gasteiger partial charge in [-0.15, -0.1) is 0 Å². The molecule has 4 nitrogen and oxygen atoms in total. The van der Waals surface area contributed by atoms with Gasteiger partial charge in [-0.25, -0.2) is 4.98 Å². The minimum absolute atomic E-state index is 0.413. The number of pyridine rings is 1. The minimum atomic E-state index is -0.413. The zero-order valence-corrected chi connectivity index (χ0v) is 9.23. The standard InChI is InChI=1S/C11H15N3O/c1-8-4-5-11(13-10(8)6-12)14(3)7-9(2)15/h4-5,9,15H,7H2,1-3H3. The number of anilines is 1. The van der Waals surface area contributed by atoms with E-state index in [-0.39, 0.29) is 0 Å². The van der Waals surface area contributed by atoms with Gasteiger partial charge in [0.15, 0.2) is 0 Å². The molecule has 0 amide bonds. The number of rotatable bonds is 3. The highest BCUT2D eigenvalue weighted by atomic mass is 16.3. The average molecular weight is 205 g/mol. The first kappa shape index (κ1) is 11.5. The van der Waals surface area contributed by atoms with Crippen LogP contribution < -0.4 is 4.90 Å². The Hall–Kier alpha value is -1.60. The first-order chi connectivity index (χ1) is 7.04. The largest absolute Gasteiger partial charge is 0.392 e. The zero-order valence-electron chi connectivity index (χ0n) is 9.23. The summed E-state index contributed by atoms with van der Waals surface area (Å²) in [5.41, 5.74) is 1.30. The van der Waals surface area contributed by atoms with Crippen molar-refractivity contribution in [2.45, 2.75) is 20.0 Å². The van der Waals surface area contributed by atoms with Gasteiger partial charge in [0, 0.05) is 13.6 Å². The second kappa shape index (κ2) is 4.76. The number of nitrogens with zero attached hydrogens (tertiary/aromatic N) is 3. The second-order valence-electron chi connectivity index (χ2n) is 3.68. The molecule has 1 unspecified atom stereocenters. The third kappa shape index (κ3) is 2.93. The molecule has 0 bridgehead atoms. The summed E-state index contributed by atoms with van der Waals surface area (Å²) in [7, 11) is 1.84. The zero-order chi connectivity index (χ0) is 11.4. The Bertz CT molecular complexity index is 382. The van der Waals surface area contributed by atoms with Crippen LogP contribution in [0, 0.1) is 18.3 Å². The van der Waals surface area contributed by atoms with Gasteiger partial charge in [-0.1, -0.05) is 6.07 Å². The summed E-state index contributed by atoms with van der Waals surface area (Å²) in [5.74, 6) is 0.707. The lowest BCUT2D eigenvalue weighted by molar-refractivity contribution is 0.201. The lowest BCUT2D eigenvalue weighted by Gasteiger charge is -2.19. The van der Waals surface area contributed by atoms with E-state index >= 15 is 0 Å². The van der Waals surface area contributed by atoms with Crippen LogP contribution >= 0.6 is 0 Å². The molecule has 0 spiro atoms. The summed E-state index contributed by atoms with van der Waals surface area (Å²) in [6.45, 7) is 4.07. The van der Waals surface area contributed by atoms with Gasteiger partial charge >= 0.3 is 0 Å². The molecule has 4 heteroatoms. The van der Waals surface area contributed by atoms with Gasteiger partial charge in [-0.2, -0.15) is 5.26 Å². The molecule has 1 atom stereocenters. The smallest absolute Gasteiger partial charge is 0.145 e. The predicted octanol–water partition coefficient (Wildman–Crippen LogP) is 1.08. The van der Waals surface area contributed by atoms with Crippen LogP contribution in [0.5, 0.6) is 0 Å². The number of aryl methyl sites for hydroxylation is 1. The molecule has 1 aromatic rings. The molecule has 0 aliphatic heterocycles. The van der Waals surface area contributed by atoms with Crippen molar-refractivity contribution in [3.8, 4) is 6.07 Å². The van der Waals surface area contributed by atoms with Crippen molar-refractivity contribution in [2.24, 2.45) is 0 Å². The van der Waals surface area contributed by atoms with Crippen LogP contribution in [0.1, 0.15) is 18.2 Å². The normalized spacial score (nSPS) is 11.9. The Kier molecular flexibility index (Phi) is 3.64. The number of aliphatic hydroxyl groups is 1. The minimum Gasteiger partial charge on any atom is -0.392 e. The maximum Gasteiger partial charge on any atom is 0.145 e. The molecule has 1 heterocycles. The van der Waals surface area contributed by atoms with E-state index in [9.17, 15) is 5.11 Å². The maximum absolute atomic E-state index is 9.23. The highest BCUT2D eigenvalue weighted by Crippen LogP contribution is 2.13. The summed E-state index contributed by atoms with van der Waals surface area (Å²) in [4.78, 5) is 6.02. The molecule has 0 aliphatic rings. The van der Waals surface area contributed by atoms with Crippen molar-refractivity contribution in [1.29, 1.82) is 5.26 Å². The molecule has 15 heavy (non-hydrogen) atoms. The molecular weight excluding hydrogens is 190 g/mol. The highest BCUT2D eigenvalue weighted by molar-refractivity contribution is 5.44. The SMILES string of the molecule is Cc1ccc(N(C)CC(C)O)nc1C#N. The third-order valence-electron chi connectivity index (χ3n) is 2.12. The van der Waals surface area contributed by atoms with E-state index in [2.05, 4.69) is 4.98 Å². The summed E-state index contributed by atoms with van der Waals surface area (Å²) in [6.07, 6.45) is -0.413. The quantitative estimate of drug-likeness (QED) is 0.802. The summed E-state index contributed by atoms with van der Waals surface area (Å²) in [5, 5.41) is 18.1. The number of likely N-dealkylation sites (N-methyl/N-ethyl adjacent to an activating group) is 1. The molecule has 1 aromatic heterocycles. The molecule has 80 valence electrons. The molecule has 0 aromatic carbocycles. The maximum atomic E-state index is 9.23. The lowest BCUT2D eigenvalue weighted by atomic mass is 10.2. The number of hydrogen-bond acceptors (Lipinski definition) is 4. The van der Waals surface area contributed by atoms with E-state index in [0.29, 0.717) is 18.1 Å². The van der Waals surface area contributed by atoms with E-state index in [1.54, 1.807) is 6.92 Å². The first-order valence-electron chi connectivity index (χ1n) is 4.81. The Morgan fingerprint density at radius 2 is 2.27 bits per heavy atom. The van der Waals surface area contributed by atoms with E-state index in [1.165, 1.54) is 0 Å². The molecule has 0 fully saturated rings. The first-order valence-corrected chi connectivity index (χ1v) is 4.81. The number of hydrogen-bond donors (Lipinski definition) is 1. The summed E-state index contributed by atoms with van der Waals surface area (Å²) < 4.78 is 0. The monoisotopic (exact) mass is 205 g/mol. The Balaban J connectivity index is 2.92. The van der Waals surface area contributed by atoms with E-state index < -0.39 is 6.10 Å². The fourth-order valence-electron chi connectivity index (χ4n) is 1.33. The Labute approximate surface area is 89.8 Å². The van der Waals surface area contributed by atoms with Crippen LogP contribution in [0.2, 0.25) is 0 Å². The van der Waals surface area contributed by atoms with Crippen molar-refractivity contribution in [3.63, 3.8) is 0 Å². The number of aliphatic hydroxyl groups excluding tert-OH is 1. The van der Waals surface area contributed by atoms with Gasteiger partial charge in [0.05, 0.1) is 6.10 Å². The van der Waals surface area contributed by atoms with E-state index in [4.69, 9.17) is 5.26 Å². The predicted molar refractivity (Wildman–Crippen MR) is 58.6 cm³/mol. The van der Waals surface area contributed by atoms with Gasteiger partial charge in [-0.3, -0.25) is 0 Å². The van der Waals surface area contributed by atoms with E-state index in [1.807, 2.05) is 37.1 Å². The van der Waals surface area contributed by atoms with Gasteiger partial charge in [0.25, 0.3) is 0 Å². The van der Waals surface area contributed by atoms with Gasteiger partial charge in [0.2, 0.25) is 0 Å².